The molecular weight excluding hydrogens is 370 g/mol. The summed E-state index contributed by atoms with van der Waals surface area (Å²) in [6, 6.07) is 21.4. The van der Waals surface area contributed by atoms with E-state index in [2.05, 4.69) is 36.2 Å². The summed E-state index contributed by atoms with van der Waals surface area (Å²) < 4.78 is 0. The molecule has 9 heteroatoms. The van der Waals surface area contributed by atoms with Crippen LogP contribution < -0.4 is 16.5 Å². The van der Waals surface area contributed by atoms with E-state index < -0.39 is 11.1 Å². The van der Waals surface area contributed by atoms with Crippen LogP contribution in [0.5, 0.6) is 0 Å². The Balaban J connectivity index is 1.49. The smallest absolute Gasteiger partial charge is 0.267 e. The van der Waals surface area contributed by atoms with Gasteiger partial charge >= 0.3 is 0 Å². The topological polar surface area (TPSA) is 127 Å². The monoisotopic (exact) mass is 385 g/mol. The van der Waals surface area contributed by atoms with E-state index in [1.165, 1.54) is 0 Å². The summed E-state index contributed by atoms with van der Waals surface area (Å²) in [5, 5.41) is 21.3. The van der Waals surface area contributed by atoms with Gasteiger partial charge in [-0.2, -0.15) is 10.2 Å². The zero-order chi connectivity index (χ0) is 20.1. The summed E-state index contributed by atoms with van der Waals surface area (Å²) in [5.74, 6) is 0. The lowest BCUT2D eigenvalue weighted by Gasteiger charge is -2.01. The van der Waals surface area contributed by atoms with Crippen molar-refractivity contribution in [3.8, 4) is 0 Å². The minimum atomic E-state index is -0.442. The van der Waals surface area contributed by atoms with Gasteiger partial charge in [0.05, 0.1) is 27.8 Å². The number of aromatic amines is 2. The maximum Gasteiger partial charge on any atom is 0.272 e. The fourth-order valence-electron chi connectivity index (χ4n) is 2.64. The number of anilines is 1. The lowest BCUT2D eigenvalue weighted by atomic mass is 10.1. The van der Waals surface area contributed by atoms with Crippen molar-refractivity contribution in [3.63, 3.8) is 0 Å². The van der Waals surface area contributed by atoms with Crippen LogP contribution in [0.2, 0.25) is 0 Å². The molecular formula is C20H15N7O2. The normalized spacial score (nSPS) is 11.4. The van der Waals surface area contributed by atoms with Crippen molar-refractivity contribution in [1.29, 1.82) is 0 Å². The maximum atomic E-state index is 12.0. The first-order valence-corrected chi connectivity index (χ1v) is 8.68. The van der Waals surface area contributed by atoms with E-state index in [4.69, 9.17) is 0 Å². The van der Waals surface area contributed by atoms with Gasteiger partial charge in [-0.05, 0) is 48.5 Å². The molecule has 1 aromatic heterocycles. The first-order valence-electron chi connectivity index (χ1n) is 8.68. The number of hydrogen-bond acceptors (Lipinski definition) is 6. The quantitative estimate of drug-likeness (QED) is 0.339. The van der Waals surface area contributed by atoms with E-state index in [1.54, 1.807) is 42.5 Å². The van der Waals surface area contributed by atoms with Gasteiger partial charge in [0.15, 0.2) is 0 Å². The highest BCUT2D eigenvalue weighted by atomic mass is 16.1. The lowest BCUT2D eigenvalue weighted by Crippen LogP contribution is -2.18. The number of H-pyrrole nitrogens is 2. The number of nitrogens with one attached hydrogen (secondary N) is 3. The predicted octanol–water partition coefficient (Wildman–Crippen LogP) is 4.74. The highest BCUT2D eigenvalue weighted by molar-refractivity contribution is 5.90. The SMILES string of the molecule is O=c1[nH][nH]c(=O)c2c(N=NNc3ccc(N=Nc4ccccc4)cc3)cccc12. The molecule has 0 aliphatic carbocycles. The molecule has 0 radical (unpaired) electrons. The zero-order valence-electron chi connectivity index (χ0n) is 15.0. The molecule has 0 atom stereocenters. The van der Waals surface area contributed by atoms with Gasteiger partial charge in [0, 0.05) is 0 Å². The van der Waals surface area contributed by atoms with E-state index in [0.29, 0.717) is 11.4 Å². The van der Waals surface area contributed by atoms with Crippen molar-refractivity contribution in [1.82, 2.24) is 10.2 Å². The molecule has 142 valence electrons. The molecule has 3 aromatic carbocycles. The van der Waals surface area contributed by atoms with Gasteiger partial charge in [0.2, 0.25) is 0 Å². The molecule has 1 heterocycles. The summed E-state index contributed by atoms with van der Waals surface area (Å²) in [7, 11) is 0. The third-order valence-electron chi connectivity index (χ3n) is 4.04. The molecule has 0 saturated carbocycles. The second-order valence-electron chi connectivity index (χ2n) is 6.00. The Kier molecular flexibility index (Phi) is 5.02. The molecule has 0 aliphatic heterocycles. The second-order valence-corrected chi connectivity index (χ2v) is 6.00. The van der Waals surface area contributed by atoms with Crippen molar-refractivity contribution in [3.05, 3.63) is 93.5 Å². The molecule has 3 N–H and O–H groups in total. The number of hydrogen-bond donors (Lipinski definition) is 3. The first-order chi connectivity index (χ1) is 14.2. The van der Waals surface area contributed by atoms with E-state index in [9.17, 15) is 9.59 Å². The predicted molar refractivity (Wildman–Crippen MR) is 110 cm³/mol. The van der Waals surface area contributed by atoms with Crippen LogP contribution in [-0.4, -0.2) is 10.2 Å². The van der Waals surface area contributed by atoms with Gasteiger partial charge in [-0.3, -0.25) is 25.2 Å². The Morgan fingerprint density at radius 3 is 2.10 bits per heavy atom. The lowest BCUT2D eigenvalue weighted by molar-refractivity contribution is 0.975. The standard InChI is InChI=1S/C20H15N7O2/c28-19-16-7-4-8-17(18(16)20(29)26-25-19)24-27-23-15-11-9-14(10-12-15)22-21-13-5-2-1-3-6-13/h1-12H,(H,23,24)(H,25,28)(H,26,29). The summed E-state index contributed by atoms with van der Waals surface area (Å²) >= 11 is 0. The van der Waals surface area contributed by atoms with Crippen molar-refractivity contribution in [2.75, 3.05) is 5.43 Å². The summed E-state index contributed by atoms with van der Waals surface area (Å²) in [6.07, 6.45) is 0. The molecule has 0 spiro atoms. The molecule has 9 nitrogen and oxygen atoms in total. The number of rotatable bonds is 5. The summed E-state index contributed by atoms with van der Waals surface area (Å²) in [5.41, 5.74) is 4.37. The summed E-state index contributed by atoms with van der Waals surface area (Å²) in [6.45, 7) is 0. The Labute approximate surface area is 163 Å². The molecule has 0 bridgehead atoms. The number of nitrogens with zero attached hydrogens (tertiary/aromatic N) is 4. The average molecular weight is 385 g/mol. The summed E-state index contributed by atoms with van der Waals surface area (Å²) in [4.78, 5) is 23.8. The van der Waals surface area contributed by atoms with Crippen LogP contribution in [-0.2, 0) is 0 Å². The number of azo groups is 1. The van der Waals surface area contributed by atoms with Crippen LogP contribution in [0.4, 0.5) is 22.7 Å². The highest BCUT2D eigenvalue weighted by Crippen LogP contribution is 2.22. The van der Waals surface area contributed by atoms with Crippen LogP contribution in [0.15, 0.2) is 103 Å². The minimum Gasteiger partial charge on any atom is -0.267 e. The molecule has 4 aromatic rings. The van der Waals surface area contributed by atoms with Crippen molar-refractivity contribution in [2.45, 2.75) is 0 Å². The van der Waals surface area contributed by atoms with Crippen molar-refractivity contribution in [2.24, 2.45) is 20.6 Å². The molecule has 0 saturated heterocycles. The maximum absolute atomic E-state index is 12.0. The second kappa shape index (κ2) is 8.09. The average Bonchev–Trinajstić information content (AvgIpc) is 2.76. The molecule has 0 unspecified atom stereocenters. The third kappa shape index (κ3) is 4.14. The number of fused-ring (bicyclic) bond motifs is 1. The molecule has 0 aliphatic rings. The number of benzene rings is 3. The fraction of sp³-hybridized carbons (Fsp3) is 0. The Morgan fingerprint density at radius 2 is 1.34 bits per heavy atom. The largest absolute Gasteiger partial charge is 0.272 e. The van der Waals surface area contributed by atoms with Gasteiger partial charge < -0.3 is 0 Å². The van der Waals surface area contributed by atoms with Crippen LogP contribution in [0.3, 0.4) is 0 Å². The molecule has 0 fully saturated rings. The molecule has 29 heavy (non-hydrogen) atoms. The first kappa shape index (κ1) is 18.0. The van der Waals surface area contributed by atoms with Gasteiger partial charge in [-0.25, -0.2) is 0 Å². The van der Waals surface area contributed by atoms with Gasteiger partial charge in [-0.1, -0.05) is 29.5 Å². The third-order valence-corrected chi connectivity index (χ3v) is 4.04. The van der Waals surface area contributed by atoms with Gasteiger partial charge in [-0.15, -0.1) is 5.11 Å². The van der Waals surface area contributed by atoms with Crippen LogP contribution in [0.25, 0.3) is 10.8 Å². The highest BCUT2D eigenvalue weighted by Gasteiger charge is 2.07. The zero-order valence-corrected chi connectivity index (χ0v) is 15.0. The Morgan fingerprint density at radius 1 is 0.655 bits per heavy atom. The number of aromatic nitrogens is 2. The van der Waals surface area contributed by atoms with Crippen LogP contribution >= 0.6 is 0 Å². The van der Waals surface area contributed by atoms with Gasteiger partial charge in [0.25, 0.3) is 11.1 Å². The van der Waals surface area contributed by atoms with E-state index >= 15 is 0 Å². The van der Waals surface area contributed by atoms with Crippen LogP contribution in [0.1, 0.15) is 0 Å². The molecule has 0 amide bonds. The molecule has 4 rings (SSSR count). The van der Waals surface area contributed by atoms with E-state index in [0.717, 1.165) is 5.69 Å². The van der Waals surface area contributed by atoms with Crippen molar-refractivity contribution >= 4 is 33.5 Å². The minimum absolute atomic E-state index is 0.179. The van der Waals surface area contributed by atoms with Crippen LogP contribution in [0, 0.1) is 0 Å². The Bertz CT molecular complexity index is 1310. The fourth-order valence-corrected chi connectivity index (χ4v) is 2.64. The van der Waals surface area contributed by atoms with E-state index in [-0.39, 0.29) is 16.5 Å². The van der Waals surface area contributed by atoms with Gasteiger partial charge in [0.1, 0.15) is 5.69 Å². The Hall–Kier alpha value is -4.40. The van der Waals surface area contributed by atoms with Crippen molar-refractivity contribution < 1.29 is 0 Å². The van der Waals surface area contributed by atoms with E-state index in [1.807, 2.05) is 30.3 Å².